The summed E-state index contributed by atoms with van der Waals surface area (Å²) < 4.78 is 5.42. The zero-order valence-corrected chi connectivity index (χ0v) is 11.6. The van der Waals surface area contributed by atoms with E-state index in [9.17, 15) is 4.79 Å². The molecule has 17 heavy (non-hydrogen) atoms. The maximum Gasteiger partial charge on any atom is 0.252 e. The Kier molecular flexibility index (Phi) is 5.08. The Morgan fingerprint density at radius 1 is 1.59 bits per heavy atom. The van der Waals surface area contributed by atoms with E-state index in [-0.39, 0.29) is 11.9 Å². The minimum atomic E-state index is -0.792. The average molecular weight is 256 g/mol. The highest BCUT2D eigenvalue weighted by Crippen LogP contribution is 2.20. The highest BCUT2D eigenvalue weighted by atomic mass is 32.1. The minimum Gasteiger partial charge on any atom is -0.366 e. The number of nitrogens with one attached hydrogen (secondary N) is 1. The third-order valence-corrected chi connectivity index (χ3v) is 3.40. The van der Waals surface area contributed by atoms with Gasteiger partial charge in [-0.2, -0.15) is 0 Å². The number of rotatable bonds is 6. The molecule has 1 aromatic rings. The van der Waals surface area contributed by atoms with Crippen LogP contribution in [0.5, 0.6) is 0 Å². The Morgan fingerprint density at radius 2 is 2.29 bits per heavy atom. The molecule has 1 amide bonds. The Labute approximate surface area is 106 Å². The van der Waals surface area contributed by atoms with Gasteiger partial charge in [-0.15, -0.1) is 11.3 Å². The third-order valence-electron chi connectivity index (χ3n) is 2.52. The van der Waals surface area contributed by atoms with E-state index in [1.54, 1.807) is 31.4 Å². The Balaban J connectivity index is 2.66. The summed E-state index contributed by atoms with van der Waals surface area (Å²) in [6.07, 6.45) is 2.57. The summed E-state index contributed by atoms with van der Waals surface area (Å²) in [5.74, 6) is -0.0959. The lowest BCUT2D eigenvalue weighted by Crippen LogP contribution is -2.45. The van der Waals surface area contributed by atoms with Crippen molar-refractivity contribution in [2.75, 3.05) is 6.61 Å². The molecule has 1 heterocycles. The second kappa shape index (κ2) is 6.12. The van der Waals surface area contributed by atoms with Crippen molar-refractivity contribution in [3.63, 3.8) is 0 Å². The number of nitrogens with zero attached hydrogens (tertiary/aromatic N) is 1. The van der Waals surface area contributed by atoms with Crippen molar-refractivity contribution in [3.8, 4) is 0 Å². The van der Waals surface area contributed by atoms with Gasteiger partial charge in [0.25, 0.3) is 5.91 Å². The molecular formula is C12H20N2O2S. The summed E-state index contributed by atoms with van der Waals surface area (Å²) >= 11 is 1.55. The number of carbonyl (C=O) groups excluding carboxylic acids is 1. The normalized spacial score (nSPS) is 13.4. The molecule has 4 nitrogen and oxygen atoms in total. The fourth-order valence-electron chi connectivity index (χ4n) is 1.50. The monoisotopic (exact) mass is 256 g/mol. The summed E-state index contributed by atoms with van der Waals surface area (Å²) in [5.41, 5.74) is -0.792. The van der Waals surface area contributed by atoms with Crippen molar-refractivity contribution in [2.24, 2.45) is 0 Å². The van der Waals surface area contributed by atoms with Crippen molar-refractivity contribution >= 4 is 17.2 Å². The summed E-state index contributed by atoms with van der Waals surface area (Å²) in [4.78, 5) is 16.3. The fraction of sp³-hybridized carbons (Fsp3) is 0.667. The molecule has 1 atom stereocenters. The second-order valence-electron chi connectivity index (χ2n) is 4.25. The van der Waals surface area contributed by atoms with Gasteiger partial charge in [0, 0.05) is 18.2 Å². The number of carbonyl (C=O) groups is 1. The molecule has 0 aliphatic heterocycles. The SMILES string of the molecule is CCOC(C)(C)C(=O)NC(CC)c1nccs1. The molecule has 0 fully saturated rings. The fourth-order valence-corrected chi connectivity index (χ4v) is 2.28. The smallest absolute Gasteiger partial charge is 0.252 e. The van der Waals surface area contributed by atoms with E-state index in [0.717, 1.165) is 11.4 Å². The van der Waals surface area contributed by atoms with Gasteiger partial charge in [-0.3, -0.25) is 4.79 Å². The highest BCUT2D eigenvalue weighted by Gasteiger charge is 2.30. The Hall–Kier alpha value is -0.940. The van der Waals surface area contributed by atoms with Crippen LogP contribution in [0.2, 0.25) is 0 Å². The molecular weight excluding hydrogens is 236 g/mol. The van der Waals surface area contributed by atoms with Crippen LogP contribution in [0.15, 0.2) is 11.6 Å². The van der Waals surface area contributed by atoms with E-state index in [2.05, 4.69) is 10.3 Å². The van der Waals surface area contributed by atoms with Crippen LogP contribution in [-0.4, -0.2) is 23.1 Å². The van der Waals surface area contributed by atoms with Gasteiger partial charge in [-0.25, -0.2) is 4.98 Å². The number of thiazole rings is 1. The van der Waals surface area contributed by atoms with Gasteiger partial charge < -0.3 is 10.1 Å². The van der Waals surface area contributed by atoms with Crippen molar-refractivity contribution in [1.29, 1.82) is 0 Å². The van der Waals surface area contributed by atoms with Crippen molar-refractivity contribution in [3.05, 3.63) is 16.6 Å². The molecule has 0 bridgehead atoms. The first-order valence-corrected chi connectivity index (χ1v) is 6.73. The third kappa shape index (κ3) is 3.78. The van der Waals surface area contributed by atoms with Crippen molar-refractivity contribution in [1.82, 2.24) is 10.3 Å². The molecule has 1 N–H and O–H groups in total. The van der Waals surface area contributed by atoms with E-state index in [0.29, 0.717) is 6.61 Å². The molecule has 0 aliphatic rings. The first-order chi connectivity index (χ1) is 8.01. The number of amides is 1. The number of hydrogen-bond donors (Lipinski definition) is 1. The summed E-state index contributed by atoms with van der Waals surface area (Å²) in [6.45, 7) is 7.99. The molecule has 0 saturated carbocycles. The van der Waals surface area contributed by atoms with Crippen LogP contribution < -0.4 is 5.32 Å². The lowest BCUT2D eigenvalue weighted by molar-refractivity contribution is -0.143. The molecule has 0 saturated heterocycles. The molecule has 0 spiro atoms. The van der Waals surface area contributed by atoms with E-state index < -0.39 is 5.60 Å². The van der Waals surface area contributed by atoms with Gasteiger partial charge in [-0.05, 0) is 27.2 Å². The van der Waals surface area contributed by atoms with Gasteiger partial charge >= 0.3 is 0 Å². The van der Waals surface area contributed by atoms with Gasteiger partial charge in [0.05, 0.1) is 6.04 Å². The van der Waals surface area contributed by atoms with E-state index >= 15 is 0 Å². The first kappa shape index (κ1) is 14.1. The van der Waals surface area contributed by atoms with Crippen LogP contribution in [0.4, 0.5) is 0 Å². The van der Waals surface area contributed by atoms with Gasteiger partial charge in [0.15, 0.2) is 0 Å². The molecule has 0 radical (unpaired) electrons. The molecule has 0 aromatic carbocycles. The van der Waals surface area contributed by atoms with E-state index in [4.69, 9.17) is 4.74 Å². The van der Waals surface area contributed by atoms with E-state index in [1.165, 1.54) is 0 Å². The van der Waals surface area contributed by atoms with E-state index in [1.807, 2.05) is 19.2 Å². The van der Waals surface area contributed by atoms with Gasteiger partial charge in [0.2, 0.25) is 0 Å². The van der Waals surface area contributed by atoms with Crippen LogP contribution in [0.25, 0.3) is 0 Å². The van der Waals surface area contributed by atoms with Crippen molar-refractivity contribution in [2.45, 2.75) is 45.8 Å². The topological polar surface area (TPSA) is 51.2 Å². The highest BCUT2D eigenvalue weighted by molar-refractivity contribution is 7.09. The second-order valence-corrected chi connectivity index (χ2v) is 5.17. The maximum atomic E-state index is 12.1. The summed E-state index contributed by atoms with van der Waals surface area (Å²) in [6, 6.07) is -0.0257. The van der Waals surface area contributed by atoms with Gasteiger partial charge in [-0.1, -0.05) is 6.92 Å². The molecule has 1 aromatic heterocycles. The zero-order valence-electron chi connectivity index (χ0n) is 10.8. The maximum absolute atomic E-state index is 12.1. The Bertz CT molecular complexity index is 349. The molecule has 0 aliphatic carbocycles. The predicted molar refractivity (Wildman–Crippen MR) is 69.0 cm³/mol. The standard InChI is InChI=1S/C12H20N2O2S/c1-5-9(10-13-7-8-17-10)14-11(15)12(3,4)16-6-2/h7-9H,5-6H2,1-4H3,(H,14,15). The number of ether oxygens (including phenoxy) is 1. The average Bonchev–Trinajstić information content (AvgIpc) is 2.78. The molecule has 1 unspecified atom stereocenters. The quantitative estimate of drug-likeness (QED) is 0.851. The summed E-state index contributed by atoms with van der Waals surface area (Å²) in [7, 11) is 0. The summed E-state index contributed by atoms with van der Waals surface area (Å²) in [5, 5.41) is 5.83. The van der Waals surface area contributed by atoms with Crippen LogP contribution in [0.1, 0.15) is 45.2 Å². The molecule has 96 valence electrons. The lowest BCUT2D eigenvalue weighted by Gasteiger charge is -2.26. The van der Waals surface area contributed by atoms with Crippen LogP contribution in [-0.2, 0) is 9.53 Å². The van der Waals surface area contributed by atoms with Crippen LogP contribution >= 0.6 is 11.3 Å². The number of hydrogen-bond acceptors (Lipinski definition) is 4. The zero-order chi connectivity index (χ0) is 12.9. The predicted octanol–water partition coefficient (Wildman–Crippen LogP) is 2.53. The minimum absolute atomic E-state index is 0.0257. The Morgan fingerprint density at radius 3 is 2.76 bits per heavy atom. The van der Waals surface area contributed by atoms with Crippen LogP contribution in [0.3, 0.4) is 0 Å². The van der Waals surface area contributed by atoms with Crippen LogP contribution in [0, 0.1) is 0 Å². The molecule has 1 rings (SSSR count). The number of aromatic nitrogens is 1. The first-order valence-electron chi connectivity index (χ1n) is 5.85. The lowest BCUT2D eigenvalue weighted by atomic mass is 10.1. The van der Waals surface area contributed by atoms with Crippen molar-refractivity contribution < 1.29 is 9.53 Å². The largest absolute Gasteiger partial charge is 0.366 e. The molecule has 5 heteroatoms. The van der Waals surface area contributed by atoms with Gasteiger partial charge in [0.1, 0.15) is 10.6 Å².